The monoisotopic (exact) mass is 455 g/mol. The first-order chi connectivity index (χ1) is 16.5. The van der Waals surface area contributed by atoms with Crippen LogP contribution in [0.2, 0.25) is 0 Å². The van der Waals surface area contributed by atoms with Gasteiger partial charge in [-0.05, 0) is 42.5 Å². The van der Waals surface area contributed by atoms with Crippen molar-refractivity contribution < 1.29 is 9.53 Å². The van der Waals surface area contributed by atoms with Crippen LogP contribution in [0.5, 0.6) is 0 Å². The summed E-state index contributed by atoms with van der Waals surface area (Å²) in [6.45, 7) is 4.98. The topological polar surface area (TPSA) is 62.6 Å². The van der Waals surface area contributed by atoms with Gasteiger partial charge in [0.2, 0.25) is 5.91 Å². The lowest BCUT2D eigenvalue weighted by atomic mass is 10.1. The predicted octanol–water partition coefficient (Wildman–Crippen LogP) is 4.80. The number of nitrogens with zero attached hydrogens (tertiary/aromatic N) is 4. The van der Waals surface area contributed by atoms with E-state index in [1.165, 1.54) is 5.69 Å². The van der Waals surface area contributed by atoms with E-state index in [1.54, 1.807) is 18.9 Å². The van der Waals surface area contributed by atoms with Gasteiger partial charge >= 0.3 is 0 Å². The molecule has 1 saturated heterocycles. The number of benzene rings is 2. The normalized spacial score (nSPS) is 13.8. The second kappa shape index (κ2) is 9.19. The quantitative estimate of drug-likeness (QED) is 0.468. The van der Waals surface area contributed by atoms with Crippen molar-refractivity contribution in [3.05, 3.63) is 66.9 Å². The van der Waals surface area contributed by atoms with E-state index < -0.39 is 0 Å². The number of carbonyl (C=O) groups excluding carboxylic acids is 1. The van der Waals surface area contributed by atoms with Crippen LogP contribution in [0, 0.1) is 0 Å². The predicted molar refractivity (Wildman–Crippen MR) is 138 cm³/mol. The molecular weight excluding hydrogens is 426 g/mol. The van der Waals surface area contributed by atoms with Gasteiger partial charge in [-0.3, -0.25) is 4.79 Å². The lowest BCUT2D eigenvalue weighted by Gasteiger charge is -2.28. The van der Waals surface area contributed by atoms with Crippen molar-refractivity contribution in [2.75, 3.05) is 48.5 Å². The van der Waals surface area contributed by atoms with E-state index in [0.717, 1.165) is 65.7 Å². The van der Waals surface area contributed by atoms with Crippen molar-refractivity contribution in [3.63, 3.8) is 0 Å². The van der Waals surface area contributed by atoms with Gasteiger partial charge in [-0.15, -0.1) is 0 Å². The average molecular weight is 456 g/mol. The van der Waals surface area contributed by atoms with Gasteiger partial charge in [-0.1, -0.05) is 12.1 Å². The fraction of sp³-hybridized carbons (Fsp3) is 0.259. The maximum atomic E-state index is 11.8. The molecule has 3 heterocycles. The number of fused-ring (bicyclic) bond motifs is 1. The minimum Gasteiger partial charge on any atom is -0.378 e. The average Bonchev–Trinajstić information content (AvgIpc) is 3.20. The molecule has 0 atom stereocenters. The van der Waals surface area contributed by atoms with E-state index in [0.29, 0.717) is 0 Å². The van der Waals surface area contributed by atoms with Crippen molar-refractivity contribution in [3.8, 4) is 11.3 Å². The van der Waals surface area contributed by atoms with Crippen LogP contribution in [0.3, 0.4) is 0 Å². The number of pyridine rings is 1. The number of morpholine rings is 1. The maximum absolute atomic E-state index is 11.8. The Morgan fingerprint density at radius 2 is 1.82 bits per heavy atom. The smallest absolute Gasteiger partial charge is 0.223 e. The number of hydrogen-bond acceptors (Lipinski definition) is 5. The Morgan fingerprint density at radius 3 is 2.56 bits per heavy atom. The van der Waals surface area contributed by atoms with Crippen molar-refractivity contribution >= 4 is 39.7 Å². The molecule has 34 heavy (non-hydrogen) atoms. The molecule has 7 heteroatoms. The van der Waals surface area contributed by atoms with E-state index in [-0.39, 0.29) is 5.91 Å². The molecule has 1 aliphatic heterocycles. The van der Waals surface area contributed by atoms with Crippen LogP contribution in [-0.4, -0.2) is 48.8 Å². The fourth-order valence-electron chi connectivity index (χ4n) is 4.36. The SMILES string of the molecule is CC(=O)N(C)c1cccc(-c2cc3cnc(Nc4ccc(N5CCOCC5)cc4)cc3n2C)c1. The summed E-state index contributed by atoms with van der Waals surface area (Å²) in [5, 5.41) is 4.49. The molecule has 5 rings (SSSR count). The zero-order valence-electron chi connectivity index (χ0n) is 19.8. The lowest BCUT2D eigenvalue weighted by molar-refractivity contribution is -0.116. The van der Waals surface area contributed by atoms with Gasteiger partial charge in [-0.25, -0.2) is 4.98 Å². The Kier molecular flexibility index (Phi) is 5.94. The van der Waals surface area contributed by atoms with Crippen molar-refractivity contribution in [2.24, 2.45) is 7.05 Å². The van der Waals surface area contributed by atoms with E-state index >= 15 is 0 Å². The van der Waals surface area contributed by atoms with Crippen LogP contribution in [-0.2, 0) is 16.6 Å². The zero-order valence-corrected chi connectivity index (χ0v) is 19.8. The molecule has 2 aromatic heterocycles. The number of ether oxygens (including phenoxy) is 1. The highest BCUT2D eigenvalue weighted by Crippen LogP contribution is 2.31. The van der Waals surface area contributed by atoms with Gasteiger partial charge in [0.15, 0.2) is 0 Å². The standard InChI is InChI=1S/C27H29N5O2/c1-19(33)30(2)24-6-4-5-20(15-24)25-16-21-18-28-27(17-26(21)31(25)3)29-22-7-9-23(10-8-22)32-11-13-34-14-12-32/h4-10,15-18H,11-14H2,1-3H3,(H,28,29). The summed E-state index contributed by atoms with van der Waals surface area (Å²) >= 11 is 0. The highest BCUT2D eigenvalue weighted by Gasteiger charge is 2.13. The molecule has 2 aromatic carbocycles. The molecule has 174 valence electrons. The summed E-state index contributed by atoms with van der Waals surface area (Å²) in [5.41, 5.74) is 6.29. The molecule has 0 unspecified atom stereocenters. The Morgan fingerprint density at radius 1 is 1.06 bits per heavy atom. The Bertz CT molecular complexity index is 1320. The van der Waals surface area contributed by atoms with Crippen molar-refractivity contribution in [1.82, 2.24) is 9.55 Å². The number of hydrogen-bond donors (Lipinski definition) is 1. The number of anilines is 4. The van der Waals surface area contributed by atoms with Gasteiger partial charge in [0.25, 0.3) is 0 Å². The first kappa shape index (κ1) is 22.0. The van der Waals surface area contributed by atoms with Gasteiger partial charge in [0.05, 0.1) is 18.7 Å². The van der Waals surface area contributed by atoms with Crippen LogP contribution in [0.25, 0.3) is 22.2 Å². The summed E-state index contributed by atoms with van der Waals surface area (Å²) in [6, 6.07) is 20.7. The fourth-order valence-corrected chi connectivity index (χ4v) is 4.36. The number of carbonyl (C=O) groups is 1. The van der Waals surface area contributed by atoms with E-state index in [9.17, 15) is 4.79 Å². The first-order valence-electron chi connectivity index (χ1n) is 11.5. The Balaban J connectivity index is 1.39. The molecule has 0 bridgehead atoms. The number of aromatic nitrogens is 2. The van der Waals surface area contributed by atoms with Gasteiger partial charge in [-0.2, -0.15) is 0 Å². The molecule has 0 radical (unpaired) electrons. The van der Waals surface area contributed by atoms with Crippen LogP contribution >= 0.6 is 0 Å². The van der Waals surface area contributed by atoms with Gasteiger partial charge in [0.1, 0.15) is 5.82 Å². The van der Waals surface area contributed by atoms with Gasteiger partial charge in [0, 0.05) is 80.1 Å². The zero-order chi connectivity index (χ0) is 23.7. The number of aryl methyl sites for hydroxylation is 1. The molecule has 7 nitrogen and oxygen atoms in total. The third-order valence-corrected chi connectivity index (χ3v) is 6.44. The van der Waals surface area contributed by atoms with E-state index in [2.05, 4.69) is 69.3 Å². The van der Waals surface area contributed by atoms with Crippen molar-refractivity contribution in [2.45, 2.75) is 6.92 Å². The Hall–Kier alpha value is -3.84. The molecule has 1 amide bonds. The molecule has 0 saturated carbocycles. The van der Waals surface area contributed by atoms with E-state index in [4.69, 9.17) is 4.74 Å². The minimum absolute atomic E-state index is 0.00656. The first-order valence-corrected chi connectivity index (χ1v) is 11.5. The van der Waals surface area contributed by atoms with Crippen LogP contribution in [0.4, 0.5) is 22.9 Å². The molecule has 1 N–H and O–H groups in total. The van der Waals surface area contributed by atoms with Crippen LogP contribution < -0.4 is 15.1 Å². The summed E-state index contributed by atoms with van der Waals surface area (Å²) in [4.78, 5) is 20.4. The largest absolute Gasteiger partial charge is 0.378 e. The molecular formula is C27H29N5O2. The third kappa shape index (κ3) is 4.34. The highest BCUT2D eigenvalue weighted by atomic mass is 16.5. The second-order valence-electron chi connectivity index (χ2n) is 8.62. The molecule has 0 aliphatic carbocycles. The number of amides is 1. The summed E-state index contributed by atoms with van der Waals surface area (Å²) < 4.78 is 7.61. The third-order valence-electron chi connectivity index (χ3n) is 6.44. The lowest BCUT2D eigenvalue weighted by Crippen LogP contribution is -2.36. The molecule has 1 aliphatic rings. The van der Waals surface area contributed by atoms with Gasteiger partial charge < -0.3 is 24.4 Å². The molecule has 0 spiro atoms. The van der Waals surface area contributed by atoms with Crippen LogP contribution in [0.15, 0.2) is 66.9 Å². The minimum atomic E-state index is 0.00656. The second-order valence-corrected chi connectivity index (χ2v) is 8.62. The molecule has 1 fully saturated rings. The van der Waals surface area contributed by atoms with Crippen molar-refractivity contribution in [1.29, 1.82) is 0 Å². The highest BCUT2D eigenvalue weighted by molar-refractivity contribution is 5.93. The number of nitrogens with one attached hydrogen (secondary N) is 1. The molecule has 4 aromatic rings. The summed E-state index contributed by atoms with van der Waals surface area (Å²) in [6.07, 6.45) is 1.90. The Labute approximate surface area is 199 Å². The van der Waals surface area contributed by atoms with E-state index in [1.807, 2.05) is 24.4 Å². The summed E-state index contributed by atoms with van der Waals surface area (Å²) in [7, 11) is 3.85. The van der Waals surface area contributed by atoms with Crippen LogP contribution in [0.1, 0.15) is 6.92 Å². The number of rotatable bonds is 5. The maximum Gasteiger partial charge on any atom is 0.223 e. The summed E-state index contributed by atoms with van der Waals surface area (Å²) in [5.74, 6) is 0.802.